The van der Waals surface area contributed by atoms with Gasteiger partial charge in [0.05, 0.1) is 5.52 Å². The van der Waals surface area contributed by atoms with Gasteiger partial charge in [0, 0.05) is 17.5 Å². The van der Waals surface area contributed by atoms with Crippen LogP contribution in [0.15, 0.2) is 24.3 Å². The Labute approximate surface area is 105 Å². The van der Waals surface area contributed by atoms with Crippen molar-refractivity contribution in [2.24, 2.45) is 5.73 Å². The first-order valence-corrected chi connectivity index (χ1v) is 5.83. The van der Waals surface area contributed by atoms with Crippen LogP contribution in [0, 0.1) is 13.8 Å². The number of pyridine rings is 1. The van der Waals surface area contributed by atoms with Crippen LogP contribution < -0.4 is 5.73 Å². The summed E-state index contributed by atoms with van der Waals surface area (Å²) in [6.07, 6.45) is 0.249. The van der Waals surface area contributed by atoms with Crippen LogP contribution in [0.4, 0.5) is 0 Å². The third kappa shape index (κ3) is 2.33. The van der Waals surface area contributed by atoms with E-state index in [0.717, 1.165) is 22.0 Å². The van der Waals surface area contributed by atoms with Crippen LogP contribution in [0.1, 0.15) is 16.8 Å². The van der Waals surface area contributed by atoms with E-state index in [2.05, 4.69) is 11.1 Å². The molecular formula is C14H16N2O2. The number of hydrogen-bond acceptors (Lipinski definition) is 3. The fourth-order valence-electron chi connectivity index (χ4n) is 1.96. The van der Waals surface area contributed by atoms with E-state index in [1.807, 2.05) is 32.0 Å². The largest absolute Gasteiger partial charge is 0.480 e. The molecule has 1 aromatic heterocycles. The normalized spacial score (nSPS) is 12.6. The number of aryl methyl sites for hydroxylation is 2. The van der Waals surface area contributed by atoms with Crippen LogP contribution in [-0.4, -0.2) is 22.1 Å². The molecule has 18 heavy (non-hydrogen) atoms. The number of nitrogens with two attached hydrogens (primary N) is 1. The number of rotatable bonds is 3. The number of carboxylic acid groups (broad SMARTS) is 1. The molecule has 94 valence electrons. The maximum absolute atomic E-state index is 10.7. The Bertz CT molecular complexity index is 608. The van der Waals surface area contributed by atoms with E-state index in [1.54, 1.807) is 0 Å². The minimum Gasteiger partial charge on any atom is -0.480 e. The van der Waals surface area contributed by atoms with Gasteiger partial charge in [0.2, 0.25) is 0 Å². The number of fused-ring (bicyclic) bond motifs is 1. The van der Waals surface area contributed by atoms with Crippen molar-refractivity contribution >= 4 is 16.9 Å². The van der Waals surface area contributed by atoms with Gasteiger partial charge in [0.25, 0.3) is 0 Å². The van der Waals surface area contributed by atoms with Crippen molar-refractivity contribution in [3.05, 3.63) is 41.1 Å². The Morgan fingerprint density at radius 1 is 1.28 bits per heavy atom. The highest BCUT2D eigenvalue weighted by atomic mass is 16.4. The van der Waals surface area contributed by atoms with E-state index in [4.69, 9.17) is 10.8 Å². The molecule has 1 atom stereocenters. The van der Waals surface area contributed by atoms with Crippen LogP contribution >= 0.6 is 0 Å². The molecule has 0 saturated heterocycles. The van der Waals surface area contributed by atoms with Crippen molar-refractivity contribution in [1.82, 2.24) is 4.98 Å². The number of carbonyl (C=O) groups is 1. The number of nitrogens with zero attached hydrogens (tertiary/aromatic N) is 1. The smallest absolute Gasteiger partial charge is 0.320 e. The number of aliphatic carboxylic acids is 1. The lowest BCUT2D eigenvalue weighted by atomic mass is 10.0. The van der Waals surface area contributed by atoms with Gasteiger partial charge in [0.15, 0.2) is 0 Å². The van der Waals surface area contributed by atoms with E-state index in [1.165, 1.54) is 0 Å². The molecule has 0 spiro atoms. The first kappa shape index (κ1) is 12.5. The molecule has 2 aromatic rings. The molecule has 1 heterocycles. The minimum absolute atomic E-state index is 0.249. The highest BCUT2D eigenvalue weighted by Gasteiger charge is 2.13. The highest BCUT2D eigenvalue weighted by molar-refractivity contribution is 5.85. The van der Waals surface area contributed by atoms with Gasteiger partial charge in [-0.15, -0.1) is 0 Å². The van der Waals surface area contributed by atoms with Gasteiger partial charge in [-0.1, -0.05) is 18.2 Å². The van der Waals surface area contributed by atoms with Crippen molar-refractivity contribution < 1.29 is 9.90 Å². The molecule has 1 unspecified atom stereocenters. The second-order valence-corrected chi connectivity index (χ2v) is 4.55. The van der Waals surface area contributed by atoms with Gasteiger partial charge in [0.1, 0.15) is 6.04 Å². The summed E-state index contributed by atoms with van der Waals surface area (Å²) in [7, 11) is 0. The zero-order valence-corrected chi connectivity index (χ0v) is 10.5. The SMILES string of the molecule is Cc1ccc(C)c2nc(CC(N)C(=O)O)ccc12. The Balaban J connectivity index is 2.44. The zero-order chi connectivity index (χ0) is 13.3. The average Bonchev–Trinajstić information content (AvgIpc) is 2.34. The summed E-state index contributed by atoms with van der Waals surface area (Å²) in [4.78, 5) is 15.3. The van der Waals surface area contributed by atoms with Crippen LogP contribution in [0.2, 0.25) is 0 Å². The molecule has 0 radical (unpaired) electrons. The maximum Gasteiger partial charge on any atom is 0.320 e. The lowest BCUT2D eigenvalue weighted by Crippen LogP contribution is -2.32. The van der Waals surface area contributed by atoms with Crippen LogP contribution in [0.5, 0.6) is 0 Å². The number of hydrogen-bond donors (Lipinski definition) is 2. The van der Waals surface area contributed by atoms with Crippen LogP contribution in [0.25, 0.3) is 10.9 Å². The minimum atomic E-state index is -1.00. The molecule has 0 fully saturated rings. The summed E-state index contributed by atoms with van der Waals surface area (Å²) in [6, 6.07) is 7.00. The molecule has 0 aliphatic rings. The fraction of sp³-hybridized carbons (Fsp3) is 0.286. The number of carboxylic acids is 1. The van der Waals surface area contributed by atoms with Crippen LogP contribution in [-0.2, 0) is 11.2 Å². The molecule has 2 rings (SSSR count). The second kappa shape index (κ2) is 4.74. The summed E-state index contributed by atoms with van der Waals surface area (Å²) in [5, 5.41) is 9.90. The van der Waals surface area contributed by atoms with Gasteiger partial charge < -0.3 is 10.8 Å². The van der Waals surface area contributed by atoms with Crippen molar-refractivity contribution in [3.8, 4) is 0 Å². The topological polar surface area (TPSA) is 76.2 Å². The Kier molecular flexibility index (Phi) is 3.30. The summed E-state index contributed by atoms with van der Waals surface area (Å²) >= 11 is 0. The number of aromatic nitrogens is 1. The van der Waals surface area contributed by atoms with Gasteiger partial charge in [-0.3, -0.25) is 9.78 Å². The molecule has 0 saturated carbocycles. The molecule has 4 heteroatoms. The van der Waals surface area contributed by atoms with Crippen molar-refractivity contribution in [2.45, 2.75) is 26.3 Å². The van der Waals surface area contributed by atoms with Gasteiger partial charge in [-0.05, 0) is 31.0 Å². The van der Waals surface area contributed by atoms with Gasteiger partial charge in [-0.2, -0.15) is 0 Å². The second-order valence-electron chi connectivity index (χ2n) is 4.55. The monoisotopic (exact) mass is 244 g/mol. The van der Waals surface area contributed by atoms with E-state index in [9.17, 15) is 4.79 Å². The maximum atomic E-state index is 10.7. The summed E-state index contributed by atoms with van der Waals surface area (Å²) in [5.41, 5.74) is 9.40. The molecular weight excluding hydrogens is 228 g/mol. The van der Waals surface area contributed by atoms with Crippen LogP contribution in [0.3, 0.4) is 0 Å². The molecule has 4 nitrogen and oxygen atoms in total. The molecule has 0 aliphatic carbocycles. The molecule has 0 amide bonds. The summed E-state index contributed by atoms with van der Waals surface area (Å²) in [6.45, 7) is 4.03. The van der Waals surface area contributed by atoms with Crippen molar-refractivity contribution in [1.29, 1.82) is 0 Å². The summed E-state index contributed by atoms with van der Waals surface area (Å²) < 4.78 is 0. The lowest BCUT2D eigenvalue weighted by Gasteiger charge is -2.09. The first-order valence-electron chi connectivity index (χ1n) is 5.83. The quantitative estimate of drug-likeness (QED) is 0.863. The number of benzene rings is 1. The van der Waals surface area contributed by atoms with Crippen molar-refractivity contribution in [2.75, 3.05) is 0 Å². The zero-order valence-electron chi connectivity index (χ0n) is 10.5. The van der Waals surface area contributed by atoms with E-state index in [-0.39, 0.29) is 6.42 Å². The predicted molar refractivity (Wildman–Crippen MR) is 70.5 cm³/mol. The Hall–Kier alpha value is -1.94. The van der Waals surface area contributed by atoms with Gasteiger partial charge in [-0.25, -0.2) is 0 Å². The lowest BCUT2D eigenvalue weighted by molar-refractivity contribution is -0.138. The predicted octanol–water partition coefficient (Wildman–Crippen LogP) is 1.81. The van der Waals surface area contributed by atoms with E-state index in [0.29, 0.717) is 5.69 Å². The van der Waals surface area contributed by atoms with E-state index < -0.39 is 12.0 Å². The third-order valence-electron chi connectivity index (χ3n) is 3.08. The molecule has 0 bridgehead atoms. The molecule has 0 aliphatic heterocycles. The Morgan fingerprint density at radius 3 is 2.61 bits per heavy atom. The first-order chi connectivity index (χ1) is 8.49. The van der Waals surface area contributed by atoms with Crippen molar-refractivity contribution in [3.63, 3.8) is 0 Å². The summed E-state index contributed by atoms with van der Waals surface area (Å²) in [5.74, 6) is -1.00. The standard InChI is InChI=1S/C14H16N2O2/c1-8-3-4-9(2)13-11(8)6-5-10(16-13)7-12(15)14(17)18/h3-6,12H,7,15H2,1-2H3,(H,17,18). The third-order valence-corrected chi connectivity index (χ3v) is 3.08. The average molecular weight is 244 g/mol. The fourth-order valence-corrected chi connectivity index (χ4v) is 1.96. The molecule has 3 N–H and O–H groups in total. The van der Waals surface area contributed by atoms with E-state index >= 15 is 0 Å². The molecule has 1 aromatic carbocycles. The van der Waals surface area contributed by atoms with Gasteiger partial charge >= 0.3 is 5.97 Å². The Morgan fingerprint density at radius 2 is 1.94 bits per heavy atom. The highest BCUT2D eigenvalue weighted by Crippen LogP contribution is 2.20.